The largest absolute Gasteiger partial charge is 0.390 e. The van der Waals surface area contributed by atoms with E-state index in [0.29, 0.717) is 5.82 Å². The molecule has 2 N–H and O–H groups in total. The molecule has 0 aromatic carbocycles. The first-order chi connectivity index (χ1) is 4.83. The normalized spacial score (nSPS) is 9.55. The zero-order valence-electron chi connectivity index (χ0n) is 6.19. The van der Waals surface area contributed by atoms with Crippen LogP contribution in [-0.2, 0) is 0 Å². The molecule has 1 aromatic heterocycles. The molecule has 4 heteroatoms. The van der Waals surface area contributed by atoms with Gasteiger partial charge in [0.2, 0.25) is 0 Å². The van der Waals surface area contributed by atoms with Crippen LogP contribution in [0.1, 0.15) is 5.56 Å². The minimum atomic E-state index is 0. The maximum absolute atomic E-state index is 5.07. The molecule has 0 bridgehead atoms. The van der Waals surface area contributed by atoms with Gasteiger partial charge in [0.25, 0.3) is 0 Å². The molecule has 0 fully saturated rings. The highest BCUT2D eigenvalue weighted by molar-refractivity contribution is 14.0. The quantitative estimate of drug-likeness (QED) is 0.475. The van der Waals surface area contributed by atoms with Crippen LogP contribution in [0.2, 0.25) is 0 Å². The minimum absolute atomic E-state index is 0. The molecule has 60 valence electrons. The van der Waals surface area contributed by atoms with Crippen LogP contribution in [0.5, 0.6) is 0 Å². The van der Waals surface area contributed by atoms with Crippen molar-refractivity contribution < 1.29 is 0 Å². The van der Waals surface area contributed by atoms with Gasteiger partial charge in [-0.3, -0.25) is 0 Å². The Hall–Kier alpha value is -0.650. The zero-order valence-corrected chi connectivity index (χ0v) is 8.52. The fourth-order valence-corrected chi connectivity index (χ4v) is 0.613. The summed E-state index contributed by atoms with van der Waals surface area (Å²) in [5.74, 6) is 0.646. The van der Waals surface area contributed by atoms with Gasteiger partial charge in [0.05, 0.1) is 6.34 Å². The summed E-state index contributed by atoms with van der Waals surface area (Å²) in [6, 6.07) is 3.76. The summed E-state index contributed by atoms with van der Waals surface area (Å²) in [7, 11) is 0. The molecule has 0 spiro atoms. The molecule has 0 amide bonds. The Morgan fingerprint density at radius 2 is 2.27 bits per heavy atom. The fraction of sp³-hybridized carbons (Fsp3) is 0.143. The first-order valence-electron chi connectivity index (χ1n) is 3.00. The zero-order chi connectivity index (χ0) is 7.40. The molecule has 0 aliphatic carbocycles. The van der Waals surface area contributed by atoms with Gasteiger partial charge in [-0.05, 0) is 18.6 Å². The summed E-state index contributed by atoms with van der Waals surface area (Å²) in [6.45, 7) is 1.98. The second-order valence-electron chi connectivity index (χ2n) is 1.97. The number of nitrogens with zero attached hydrogens (tertiary/aromatic N) is 2. The van der Waals surface area contributed by atoms with Crippen LogP contribution >= 0.6 is 24.0 Å². The van der Waals surface area contributed by atoms with Crippen LogP contribution in [-0.4, -0.2) is 11.3 Å². The molecule has 1 heterocycles. The summed E-state index contributed by atoms with van der Waals surface area (Å²) in [5, 5.41) is 0. The highest BCUT2D eigenvalue weighted by atomic mass is 127. The molecule has 0 aliphatic heterocycles. The number of aryl methyl sites for hydroxylation is 1. The number of aliphatic imine (C=N–C) groups is 1. The van der Waals surface area contributed by atoms with Crippen molar-refractivity contribution in [3.8, 4) is 0 Å². The summed E-state index contributed by atoms with van der Waals surface area (Å²) in [5.41, 5.74) is 6.19. The van der Waals surface area contributed by atoms with E-state index in [1.54, 1.807) is 6.20 Å². The van der Waals surface area contributed by atoms with E-state index in [9.17, 15) is 0 Å². The number of pyridine rings is 1. The number of halogens is 1. The van der Waals surface area contributed by atoms with Gasteiger partial charge in [-0.2, -0.15) is 0 Å². The molecule has 0 atom stereocenters. The van der Waals surface area contributed by atoms with Crippen LogP contribution in [0.4, 0.5) is 5.82 Å². The smallest absolute Gasteiger partial charge is 0.153 e. The average Bonchev–Trinajstić information content (AvgIpc) is 1.95. The van der Waals surface area contributed by atoms with Gasteiger partial charge >= 0.3 is 0 Å². The lowest BCUT2D eigenvalue weighted by Gasteiger charge is -1.90. The van der Waals surface area contributed by atoms with E-state index in [1.807, 2.05) is 19.1 Å². The molecule has 0 radical (unpaired) electrons. The van der Waals surface area contributed by atoms with Crippen LogP contribution in [0, 0.1) is 6.92 Å². The van der Waals surface area contributed by atoms with E-state index in [-0.39, 0.29) is 24.0 Å². The fourth-order valence-electron chi connectivity index (χ4n) is 0.613. The van der Waals surface area contributed by atoms with Crippen molar-refractivity contribution in [2.24, 2.45) is 10.7 Å². The summed E-state index contributed by atoms with van der Waals surface area (Å²) < 4.78 is 0. The molecule has 0 saturated carbocycles. The Labute approximate surface area is 82.8 Å². The Morgan fingerprint density at radius 1 is 1.55 bits per heavy atom. The van der Waals surface area contributed by atoms with E-state index in [2.05, 4.69) is 9.98 Å². The molecule has 0 aliphatic rings. The lowest BCUT2D eigenvalue weighted by atomic mass is 10.3. The van der Waals surface area contributed by atoms with Gasteiger partial charge in [-0.15, -0.1) is 24.0 Å². The third-order valence-electron chi connectivity index (χ3n) is 1.10. The number of hydrogen-bond donors (Lipinski definition) is 1. The van der Waals surface area contributed by atoms with Crippen molar-refractivity contribution >= 4 is 36.1 Å². The van der Waals surface area contributed by atoms with Gasteiger partial charge in [0.15, 0.2) is 5.82 Å². The van der Waals surface area contributed by atoms with E-state index in [0.717, 1.165) is 5.56 Å². The third kappa shape index (κ3) is 3.31. The topological polar surface area (TPSA) is 51.3 Å². The summed E-state index contributed by atoms with van der Waals surface area (Å²) >= 11 is 0. The van der Waals surface area contributed by atoms with Crippen LogP contribution in [0.15, 0.2) is 23.3 Å². The van der Waals surface area contributed by atoms with Gasteiger partial charge in [-0.1, -0.05) is 6.07 Å². The van der Waals surface area contributed by atoms with Crippen molar-refractivity contribution in [1.82, 2.24) is 4.98 Å². The molecular formula is C7H10IN3. The SMILES string of the molecule is Cc1ccc(N=CN)nc1.I. The minimum Gasteiger partial charge on any atom is -0.390 e. The molecule has 3 nitrogen and oxygen atoms in total. The van der Waals surface area contributed by atoms with Crippen molar-refractivity contribution in [3.05, 3.63) is 23.9 Å². The van der Waals surface area contributed by atoms with Gasteiger partial charge in [0.1, 0.15) is 0 Å². The molecule has 0 saturated heterocycles. The Kier molecular flexibility index (Phi) is 4.76. The van der Waals surface area contributed by atoms with Gasteiger partial charge in [-0.25, -0.2) is 9.98 Å². The average molecular weight is 263 g/mol. The third-order valence-corrected chi connectivity index (χ3v) is 1.10. The molecule has 1 rings (SSSR count). The number of aromatic nitrogens is 1. The van der Waals surface area contributed by atoms with Crippen molar-refractivity contribution in [2.75, 3.05) is 0 Å². The standard InChI is InChI=1S/C7H9N3.HI/c1-6-2-3-7(9-4-6)10-5-8;/h2-5H,1H3,(H2,8,9,10);1H. The first-order valence-corrected chi connectivity index (χ1v) is 3.00. The second-order valence-corrected chi connectivity index (χ2v) is 1.97. The highest BCUT2D eigenvalue weighted by Crippen LogP contribution is 2.05. The maximum Gasteiger partial charge on any atom is 0.153 e. The predicted molar refractivity (Wildman–Crippen MR) is 56.7 cm³/mol. The molecular weight excluding hydrogens is 253 g/mol. The highest BCUT2D eigenvalue weighted by Gasteiger charge is 1.85. The first kappa shape index (κ1) is 10.3. The van der Waals surface area contributed by atoms with Crippen LogP contribution in [0.25, 0.3) is 0 Å². The Balaban J connectivity index is 0.000001000. The van der Waals surface area contributed by atoms with Crippen molar-refractivity contribution in [3.63, 3.8) is 0 Å². The van der Waals surface area contributed by atoms with Gasteiger partial charge in [0, 0.05) is 6.20 Å². The molecule has 1 aromatic rings. The number of rotatable bonds is 1. The predicted octanol–water partition coefficient (Wildman–Crippen LogP) is 1.63. The van der Waals surface area contributed by atoms with Crippen LogP contribution < -0.4 is 5.73 Å². The van der Waals surface area contributed by atoms with E-state index in [1.165, 1.54) is 6.34 Å². The van der Waals surface area contributed by atoms with Crippen molar-refractivity contribution in [2.45, 2.75) is 6.92 Å². The lowest BCUT2D eigenvalue weighted by Crippen LogP contribution is -1.87. The van der Waals surface area contributed by atoms with E-state index >= 15 is 0 Å². The maximum atomic E-state index is 5.07. The molecule has 11 heavy (non-hydrogen) atoms. The monoisotopic (exact) mass is 263 g/mol. The molecule has 0 unspecified atom stereocenters. The van der Waals surface area contributed by atoms with E-state index < -0.39 is 0 Å². The second kappa shape index (κ2) is 5.06. The Bertz CT molecular complexity index is 230. The van der Waals surface area contributed by atoms with Crippen molar-refractivity contribution in [1.29, 1.82) is 0 Å². The lowest BCUT2D eigenvalue weighted by molar-refractivity contribution is 1.23. The number of hydrogen-bond acceptors (Lipinski definition) is 2. The number of nitrogens with two attached hydrogens (primary N) is 1. The Morgan fingerprint density at radius 3 is 2.73 bits per heavy atom. The van der Waals surface area contributed by atoms with E-state index in [4.69, 9.17) is 5.73 Å². The summed E-state index contributed by atoms with van der Waals surface area (Å²) in [6.07, 6.45) is 2.99. The van der Waals surface area contributed by atoms with Crippen LogP contribution in [0.3, 0.4) is 0 Å². The summed E-state index contributed by atoms with van der Waals surface area (Å²) in [4.78, 5) is 7.78. The van der Waals surface area contributed by atoms with Gasteiger partial charge < -0.3 is 5.73 Å².